The van der Waals surface area contributed by atoms with Crippen LogP contribution in [0.3, 0.4) is 0 Å². The van der Waals surface area contributed by atoms with Gasteiger partial charge >= 0.3 is 0 Å². The molecule has 1 unspecified atom stereocenters. The molecule has 1 heterocycles. The smallest absolute Gasteiger partial charge is 0.230 e. The Morgan fingerprint density at radius 3 is 2.70 bits per heavy atom. The molecule has 1 fully saturated rings. The molecule has 108 valence electrons. The van der Waals surface area contributed by atoms with Gasteiger partial charge in [-0.1, -0.05) is 37.0 Å². The SMILES string of the molecule is Cc1ccc2c(c1)C(O)CCN2C(=O)C1CCCCC1. The van der Waals surface area contributed by atoms with Crippen LogP contribution in [0.15, 0.2) is 18.2 Å². The molecule has 0 radical (unpaired) electrons. The predicted octanol–water partition coefficient (Wildman–Crippen LogP) is 3.35. The van der Waals surface area contributed by atoms with Crippen LogP contribution in [0, 0.1) is 12.8 Å². The number of hydrogen-bond acceptors (Lipinski definition) is 2. The highest BCUT2D eigenvalue weighted by atomic mass is 16.3. The highest BCUT2D eigenvalue weighted by Crippen LogP contribution is 2.36. The van der Waals surface area contributed by atoms with E-state index in [1.165, 1.54) is 19.3 Å². The number of amides is 1. The topological polar surface area (TPSA) is 40.5 Å². The Labute approximate surface area is 120 Å². The molecule has 1 aromatic rings. The number of carbonyl (C=O) groups is 1. The van der Waals surface area contributed by atoms with Crippen LogP contribution >= 0.6 is 0 Å². The average molecular weight is 273 g/mol. The van der Waals surface area contributed by atoms with Crippen LogP contribution < -0.4 is 4.90 Å². The second kappa shape index (κ2) is 5.57. The second-order valence-electron chi connectivity index (χ2n) is 6.19. The summed E-state index contributed by atoms with van der Waals surface area (Å²) < 4.78 is 0. The summed E-state index contributed by atoms with van der Waals surface area (Å²) in [5.74, 6) is 0.454. The molecule has 1 amide bonds. The van der Waals surface area contributed by atoms with Crippen LogP contribution in [0.25, 0.3) is 0 Å². The number of benzene rings is 1. The minimum absolute atomic E-state index is 0.188. The normalized spacial score (nSPS) is 23.5. The van der Waals surface area contributed by atoms with E-state index in [2.05, 4.69) is 0 Å². The zero-order chi connectivity index (χ0) is 14.1. The monoisotopic (exact) mass is 273 g/mol. The number of aryl methyl sites for hydroxylation is 1. The van der Waals surface area contributed by atoms with Crippen molar-refractivity contribution >= 4 is 11.6 Å². The Hall–Kier alpha value is -1.35. The molecule has 3 nitrogen and oxygen atoms in total. The van der Waals surface area contributed by atoms with Gasteiger partial charge in [-0.3, -0.25) is 4.79 Å². The van der Waals surface area contributed by atoms with E-state index < -0.39 is 6.10 Å². The highest BCUT2D eigenvalue weighted by molar-refractivity contribution is 5.96. The van der Waals surface area contributed by atoms with Crippen LogP contribution in [0.4, 0.5) is 5.69 Å². The molecule has 1 aliphatic carbocycles. The van der Waals surface area contributed by atoms with E-state index in [0.29, 0.717) is 13.0 Å². The highest BCUT2D eigenvalue weighted by Gasteiger charge is 2.32. The lowest BCUT2D eigenvalue weighted by molar-refractivity contribution is -0.123. The third-order valence-corrected chi connectivity index (χ3v) is 4.68. The van der Waals surface area contributed by atoms with E-state index in [-0.39, 0.29) is 11.8 Å². The summed E-state index contributed by atoms with van der Waals surface area (Å²) in [5, 5.41) is 10.2. The standard InChI is InChI=1S/C17H23NO2/c1-12-7-8-15-14(11-12)16(19)9-10-18(15)17(20)13-5-3-2-4-6-13/h7-8,11,13,16,19H,2-6,9-10H2,1H3. The van der Waals surface area contributed by atoms with Crippen LogP contribution in [-0.2, 0) is 4.79 Å². The molecular formula is C17H23NO2. The minimum Gasteiger partial charge on any atom is -0.388 e. The van der Waals surface area contributed by atoms with Gasteiger partial charge in [-0.2, -0.15) is 0 Å². The fourth-order valence-corrected chi connectivity index (χ4v) is 3.51. The molecule has 0 aromatic heterocycles. The first-order valence-corrected chi connectivity index (χ1v) is 7.77. The Bertz CT molecular complexity index is 506. The number of aliphatic hydroxyl groups is 1. The van der Waals surface area contributed by atoms with Crippen LogP contribution in [0.2, 0.25) is 0 Å². The molecule has 0 saturated heterocycles. The van der Waals surface area contributed by atoms with E-state index in [0.717, 1.165) is 29.7 Å². The maximum Gasteiger partial charge on any atom is 0.230 e. The van der Waals surface area contributed by atoms with Crippen molar-refractivity contribution in [1.29, 1.82) is 0 Å². The van der Waals surface area contributed by atoms with Crippen LogP contribution in [0.5, 0.6) is 0 Å². The third kappa shape index (κ3) is 2.47. The van der Waals surface area contributed by atoms with Gasteiger partial charge in [-0.15, -0.1) is 0 Å². The van der Waals surface area contributed by atoms with Crippen molar-refractivity contribution in [3.05, 3.63) is 29.3 Å². The van der Waals surface area contributed by atoms with Gasteiger partial charge in [0, 0.05) is 23.7 Å². The van der Waals surface area contributed by atoms with E-state index in [4.69, 9.17) is 0 Å². The largest absolute Gasteiger partial charge is 0.388 e. The Kier molecular flexibility index (Phi) is 3.79. The van der Waals surface area contributed by atoms with Gasteiger partial charge < -0.3 is 10.0 Å². The quantitative estimate of drug-likeness (QED) is 0.852. The zero-order valence-corrected chi connectivity index (χ0v) is 12.1. The van der Waals surface area contributed by atoms with E-state index in [1.807, 2.05) is 30.0 Å². The van der Waals surface area contributed by atoms with Gasteiger partial charge in [0.1, 0.15) is 0 Å². The van der Waals surface area contributed by atoms with Crippen molar-refractivity contribution in [3.8, 4) is 0 Å². The molecule has 20 heavy (non-hydrogen) atoms. The molecule has 0 bridgehead atoms. The lowest BCUT2D eigenvalue weighted by atomic mass is 9.87. The number of anilines is 1. The first-order chi connectivity index (χ1) is 9.66. The number of carbonyl (C=O) groups excluding carboxylic acids is 1. The lowest BCUT2D eigenvalue weighted by Crippen LogP contribution is -2.41. The van der Waals surface area contributed by atoms with Crippen LogP contribution in [-0.4, -0.2) is 17.6 Å². The van der Waals surface area contributed by atoms with Crippen LogP contribution in [0.1, 0.15) is 55.8 Å². The third-order valence-electron chi connectivity index (χ3n) is 4.68. The summed E-state index contributed by atoms with van der Waals surface area (Å²) >= 11 is 0. The summed E-state index contributed by atoms with van der Waals surface area (Å²) in [6.45, 7) is 2.67. The fourth-order valence-electron chi connectivity index (χ4n) is 3.51. The maximum atomic E-state index is 12.8. The summed E-state index contributed by atoms with van der Waals surface area (Å²) in [7, 11) is 0. The first-order valence-electron chi connectivity index (χ1n) is 7.77. The average Bonchev–Trinajstić information content (AvgIpc) is 2.48. The van der Waals surface area contributed by atoms with Gasteiger partial charge in [0.15, 0.2) is 0 Å². The molecule has 3 heteroatoms. The molecule has 1 aromatic carbocycles. The van der Waals surface area contributed by atoms with Gasteiger partial charge in [0.2, 0.25) is 5.91 Å². The predicted molar refractivity (Wildman–Crippen MR) is 79.7 cm³/mol. The molecule has 0 spiro atoms. The summed E-state index contributed by atoms with van der Waals surface area (Å²) in [4.78, 5) is 14.7. The number of rotatable bonds is 1. The molecule has 1 atom stereocenters. The number of hydrogen-bond donors (Lipinski definition) is 1. The first kappa shape index (κ1) is 13.6. The molecule has 1 aliphatic heterocycles. The number of fused-ring (bicyclic) bond motifs is 1. The van der Waals surface area contributed by atoms with E-state index in [1.54, 1.807) is 0 Å². The molecular weight excluding hydrogens is 250 g/mol. The molecule has 2 aliphatic rings. The van der Waals surface area contributed by atoms with Gasteiger partial charge in [-0.25, -0.2) is 0 Å². The van der Waals surface area contributed by atoms with Crippen molar-refractivity contribution in [1.82, 2.24) is 0 Å². The Morgan fingerprint density at radius 1 is 1.20 bits per heavy atom. The molecule has 1 N–H and O–H groups in total. The van der Waals surface area contributed by atoms with Gasteiger partial charge in [-0.05, 0) is 32.3 Å². The van der Waals surface area contributed by atoms with Crippen molar-refractivity contribution in [2.45, 2.75) is 51.6 Å². The maximum absolute atomic E-state index is 12.8. The minimum atomic E-state index is -0.430. The summed E-state index contributed by atoms with van der Waals surface area (Å²) in [6.07, 6.45) is 5.88. The number of nitrogens with zero attached hydrogens (tertiary/aromatic N) is 1. The van der Waals surface area contributed by atoms with Crippen molar-refractivity contribution < 1.29 is 9.90 Å². The van der Waals surface area contributed by atoms with Gasteiger partial charge in [0.25, 0.3) is 0 Å². The number of aliphatic hydroxyl groups excluding tert-OH is 1. The fraction of sp³-hybridized carbons (Fsp3) is 0.588. The zero-order valence-electron chi connectivity index (χ0n) is 12.1. The lowest BCUT2D eigenvalue weighted by Gasteiger charge is -2.35. The van der Waals surface area contributed by atoms with E-state index >= 15 is 0 Å². The van der Waals surface area contributed by atoms with Crippen molar-refractivity contribution in [3.63, 3.8) is 0 Å². The van der Waals surface area contributed by atoms with Crippen molar-refractivity contribution in [2.75, 3.05) is 11.4 Å². The summed E-state index contributed by atoms with van der Waals surface area (Å²) in [5.41, 5.74) is 2.97. The van der Waals surface area contributed by atoms with E-state index in [9.17, 15) is 9.90 Å². The molecule has 3 rings (SSSR count). The summed E-state index contributed by atoms with van der Waals surface area (Å²) in [6, 6.07) is 6.03. The molecule has 1 saturated carbocycles. The van der Waals surface area contributed by atoms with Crippen molar-refractivity contribution in [2.24, 2.45) is 5.92 Å². The Balaban J connectivity index is 1.88. The second-order valence-corrected chi connectivity index (χ2v) is 6.19. The van der Waals surface area contributed by atoms with Gasteiger partial charge in [0.05, 0.1) is 6.10 Å². The Morgan fingerprint density at radius 2 is 1.95 bits per heavy atom.